The van der Waals surface area contributed by atoms with Gasteiger partial charge in [-0.05, 0) is 25.9 Å². The molecular weight excluding hydrogens is 324 g/mol. The van der Waals surface area contributed by atoms with Gasteiger partial charge in [-0.2, -0.15) is 0 Å². The average Bonchev–Trinajstić information content (AvgIpc) is 2.64. The molecule has 2 saturated heterocycles. The van der Waals surface area contributed by atoms with Crippen molar-refractivity contribution in [3.8, 4) is 0 Å². The second kappa shape index (κ2) is 8.55. The number of likely N-dealkylation sites (tertiary alicyclic amines) is 1. The zero-order chi connectivity index (χ0) is 17.8. The van der Waals surface area contributed by atoms with E-state index in [2.05, 4.69) is 4.90 Å². The number of piperidine rings is 1. The summed E-state index contributed by atoms with van der Waals surface area (Å²) >= 11 is 0. The summed E-state index contributed by atoms with van der Waals surface area (Å²) in [4.78, 5) is 2.08. The number of nitrogens with zero attached hydrogens (tertiary/aromatic N) is 1. The smallest absolute Gasteiger partial charge is 0.184 e. The number of aliphatic hydroxyl groups is 3. The molecule has 1 aromatic rings. The number of benzene rings is 1. The molecule has 3 rings (SSSR count). The van der Waals surface area contributed by atoms with Crippen molar-refractivity contribution in [3.05, 3.63) is 35.9 Å². The fraction of sp³-hybridized carbons (Fsp3) is 0.667. The van der Waals surface area contributed by atoms with Crippen molar-refractivity contribution in [1.29, 1.82) is 0 Å². The summed E-state index contributed by atoms with van der Waals surface area (Å²) in [5.41, 5.74) is 6.70. The molecular formula is C18H28N2O5. The van der Waals surface area contributed by atoms with Crippen LogP contribution in [0.2, 0.25) is 0 Å². The Bertz CT molecular complexity index is 523. The number of aliphatic hydroxyl groups excluding tert-OH is 3. The summed E-state index contributed by atoms with van der Waals surface area (Å²) in [6.07, 6.45) is -2.99. The van der Waals surface area contributed by atoms with E-state index in [9.17, 15) is 15.3 Å². The first-order valence-electron chi connectivity index (χ1n) is 8.88. The van der Waals surface area contributed by atoms with E-state index in [0.717, 1.165) is 31.5 Å². The molecule has 1 aromatic carbocycles. The fourth-order valence-electron chi connectivity index (χ4n) is 3.37. The van der Waals surface area contributed by atoms with E-state index in [0.29, 0.717) is 6.54 Å². The third-order valence-electron chi connectivity index (χ3n) is 4.96. The number of rotatable bonds is 5. The first-order valence-corrected chi connectivity index (χ1v) is 8.88. The largest absolute Gasteiger partial charge is 0.389 e. The highest BCUT2D eigenvalue weighted by Crippen LogP contribution is 2.28. The van der Waals surface area contributed by atoms with E-state index in [1.54, 1.807) is 0 Å². The van der Waals surface area contributed by atoms with Gasteiger partial charge < -0.3 is 35.4 Å². The lowest BCUT2D eigenvalue weighted by Gasteiger charge is -2.39. The molecule has 0 saturated carbocycles. The number of β-amino-alcohol motifs (C(OH)–C–C–N with tert-alkyl or cyclic N) is 1. The maximum atomic E-state index is 10.5. The zero-order valence-corrected chi connectivity index (χ0v) is 14.3. The van der Waals surface area contributed by atoms with Crippen LogP contribution in [0.3, 0.4) is 0 Å². The van der Waals surface area contributed by atoms with E-state index >= 15 is 0 Å². The molecule has 7 heteroatoms. The monoisotopic (exact) mass is 352 g/mol. The van der Waals surface area contributed by atoms with Gasteiger partial charge in [0.15, 0.2) is 6.29 Å². The normalized spacial score (nSPS) is 31.6. The van der Waals surface area contributed by atoms with Crippen molar-refractivity contribution in [2.75, 3.05) is 26.2 Å². The maximum absolute atomic E-state index is 10.5. The zero-order valence-electron chi connectivity index (χ0n) is 14.3. The van der Waals surface area contributed by atoms with Crippen molar-refractivity contribution in [3.63, 3.8) is 0 Å². The summed E-state index contributed by atoms with van der Waals surface area (Å²) in [5, 5.41) is 31.1. The summed E-state index contributed by atoms with van der Waals surface area (Å²) in [6.45, 7) is 1.98. The van der Waals surface area contributed by atoms with Gasteiger partial charge in [0.1, 0.15) is 18.3 Å². The Balaban J connectivity index is 1.58. The Hall–Kier alpha value is -1.06. The van der Waals surface area contributed by atoms with Crippen LogP contribution >= 0.6 is 0 Å². The summed E-state index contributed by atoms with van der Waals surface area (Å²) in [5.74, 6) is 0. The molecule has 0 amide bonds. The Morgan fingerprint density at radius 3 is 2.52 bits per heavy atom. The molecule has 0 radical (unpaired) electrons. The quantitative estimate of drug-likeness (QED) is 0.571. The lowest BCUT2D eigenvalue weighted by atomic mass is 10.00. The van der Waals surface area contributed by atoms with Crippen molar-refractivity contribution < 1.29 is 24.8 Å². The third kappa shape index (κ3) is 4.77. The minimum absolute atomic E-state index is 0.0482. The molecule has 5 atom stereocenters. The van der Waals surface area contributed by atoms with Gasteiger partial charge >= 0.3 is 0 Å². The van der Waals surface area contributed by atoms with Crippen LogP contribution in [0.5, 0.6) is 0 Å². The van der Waals surface area contributed by atoms with E-state index in [4.69, 9.17) is 15.2 Å². The standard InChI is InChI=1S/C18H28N2O5/c19-13-6-8-20(9-7-13)10-14(21)16(23)17-15(22)11-24-18(25-17)12-4-2-1-3-5-12/h1-5,13-18,21-23H,6-11,19H2/t14-,15?,16-,17?,18?/m0/s1. The van der Waals surface area contributed by atoms with E-state index in [-0.39, 0.29) is 12.6 Å². The van der Waals surface area contributed by atoms with Crippen LogP contribution < -0.4 is 5.73 Å². The van der Waals surface area contributed by atoms with Gasteiger partial charge in [-0.1, -0.05) is 30.3 Å². The minimum atomic E-state index is -1.19. The molecule has 0 spiro atoms. The number of hydrogen-bond donors (Lipinski definition) is 4. The lowest BCUT2D eigenvalue weighted by molar-refractivity contribution is -0.283. The van der Waals surface area contributed by atoms with Crippen molar-refractivity contribution in [2.45, 2.75) is 49.6 Å². The summed E-state index contributed by atoms with van der Waals surface area (Å²) in [7, 11) is 0. The summed E-state index contributed by atoms with van der Waals surface area (Å²) in [6, 6.07) is 9.56. The molecule has 2 fully saturated rings. The molecule has 140 valence electrons. The van der Waals surface area contributed by atoms with Crippen molar-refractivity contribution >= 4 is 0 Å². The van der Waals surface area contributed by atoms with E-state index in [1.807, 2.05) is 30.3 Å². The van der Waals surface area contributed by atoms with E-state index < -0.39 is 30.7 Å². The molecule has 2 heterocycles. The third-order valence-corrected chi connectivity index (χ3v) is 4.96. The summed E-state index contributed by atoms with van der Waals surface area (Å²) < 4.78 is 11.3. The number of nitrogens with two attached hydrogens (primary N) is 1. The Morgan fingerprint density at radius 1 is 1.16 bits per heavy atom. The number of hydrogen-bond acceptors (Lipinski definition) is 7. The van der Waals surface area contributed by atoms with Gasteiger partial charge in [-0.15, -0.1) is 0 Å². The Morgan fingerprint density at radius 2 is 1.84 bits per heavy atom. The van der Waals surface area contributed by atoms with Crippen molar-refractivity contribution in [2.24, 2.45) is 5.73 Å². The van der Waals surface area contributed by atoms with Gasteiger partial charge in [-0.25, -0.2) is 0 Å². The molecule has 3 unspecified atom stereocenters. The molecule has 0 aromatic heterocycles. The molecule has 0 aliphatic carbocycles. The molecule has 2 aliphatic rings. The Labute approximate surface area is 148 Å². The predicted molar refractivity (Wildman–Crippen MR) is 91.7 cm³/mol. The maximum Gasteiger partial charge on any atom is 0.184 e. The molecule has 0 bridgehead atoms. The number of ether oxygens (including phenoxy) is 2. The van der Waals surface area contributed by atoms with Gasteiger partial charge in [0.2, 0.25) is 0 Å². The average molecular weight is 352 g/mol. The molecule has 25 heavy (non-hydrogen) atoms. The first-order chi connectivity index (χ1) is 12.0. The highest BCUT2D eigenvalue weighted by atomic mass is 16.7. The van der Waals surface area contributed by atoms with Crippen LogP contribution in [0.1, 0.15) is 24.7 Å². The van der Waals surface area contributed by atoms with Gasteiger partial charge in [0, 0.05) is 18.2 Å². The fourth-order valence-corrected chi connectivity index (χ4v) is 3.37. The lowest BCUT2D eigenvalue weighted by Crippen LogP contribution is -2.54. The van der Waals surface area contributed by atoms with E-state index in [1.165, 1.54) is 0 Å². The molecule has 7 nitrogen and oxygen atoms in total. The van der Waals surface area contributed by atoms with Crippen LogP contribution in [-0.2, 0) is 9.47 Å². The van der Waals surface area contributed by atoms with Crippen molar-refractivity contribution in [1.82, 2.24) is 4.90 Å². The highest BCUT2D eigenvalue weighted by Gasteiger charge is 2.39. The topological polar surface area (TPSA) is 108 Å². The second-order valence-corrected chi connectivity index (χ2v) is 6.94. The van der Waals surface area contributed by atoms with Crippen LogP contribution in [0, 0.1) is 0 Å². The SMILES string of the molecule is NC1CCN(C[C@H](O)[C@H](O)C2OC(c3ccccc3)OCC2O)CC1. The highest BCUT2D eigenvalue weighted by molar-refractivity contribution is 5.16. The van der Waals surface area contributed by atoms with Crippen LogP contribution in [0.15, 0.2) is 30.3 Å². The first kappa shape index (κ1) is 18.7. The second-order valence-electron chi connectivity index (χ2n) is 6.94. The van der Waals surface area contributed by atoms with Crippen LogP contribution in [-0.4, -0.2) is 76.9 Å². The van der Waals surface area contributed by atoms with Crippen LogP contribution in [0.4, 0.5) is 0 Å². The predicted octanol–water partition coefficient (Wildman–Crippen LogP) is -0.394. The Kier molecular flexibility index (Phi) is 6.40. The minimum Gasteiger partial charge on any atom is -0.389 e. The van der Waals surface area contributed by atoms with Crippen LogP contribution in [0.25, 0.3) is 0 Å². The molecule has 5 N–H and O–H groups in total. The molecule has 2 aliphatic heterocycles. The van der Waals surface area contributed by atoms with Gasteiger partial charge in [0.25, 0.3) is 0 Å². The van der Waals surface area contributed by atoms with Gasteiger partial charge in [-0.3, -0.25) is 0 Å². The van der Waals surface area contributed by atoms with Gasteiger partial charge in [0.05, 0.1) is 12.7 Å².